The van der Waals surface area contributed by atoms with Gasteiger partial charge >= 0.3 is 17.9 Å². The Morgan fingerprint density at radius 1 is 1.07 bits per heavy atom. The molecule has 0 atom stereocenters. The molecule has 0 saturated carbocycles. The van der Waals surface area contributed by atoms with Crippen molar-refractivity contribution in [2.45, 2.75) is 26.2 Å². The van der Waals surface area contributed by atoms with Crippen LogP contribution >= 0.6 is 0 Å². The van der Waals surface area contributed by atoms with E-state index in [1.807, 2.05) is 31.2 Å². The maximum atomic E-state index is 12.0. The monoisotopic (exact) mass is 424 g/mol. The third kappa shape index (κ3) is 9.37. The number of anilines is 1. The van der Waals surface area contributed by atoms with Gasteiger partial charge in [0.15, 0.2) is 0 Å². The van der Waals surface area contributed by atoms with Crippen molar-refractivity contribution in [3.63, 3.8) is 0 Å². The lowest BCUT2D eigenvalue weighted by molar-refractivity contribution is -0.159. The van der Waals surface area contributed by atoms with Crippen LogP contribution < -0.4 is 10.1 Å². The predicted octanol–water partition coefficient (Wildman–Crippen LogP) is 1.45. The number of nitrogens with zero attached hydrogens (tertiary/aromatic N) is 1. The molecule has 1 heterocycles. The fourth-order valence-corrected chi connectivity index (χ4v) is 2.81. The van der Waals surface area contributed by atoms with E-state index in [1.165, 1.54) is 0 Å². The second kappa shape index (κ2) is 13.2. The van der Waals surface area contributed by atoms with E-state index >= 15 is 0 Å². The Bertz CT molecular complexity index is 700. The van der Waals surface area contributed by atoms with E-state index in [0.29, 0.717) is 19.6 Å². The Labute approximate surface area is 174 Å². The van der Waals surface area contributed by atoms with Crippen molar-refractivity contribution in [3.05, 3.63) is 24.3 Å². The van der Waals surface area contributed by atoms with Gasteiger partial charge in [-0.15, -0.1) is 0 Å². The fraction of sp³-hybridized carbons (Fsp3) is 0.500. The first-order valence-corrected chi connectivity index (χ1v) is 9.55. The minimum atomic E-state index is -1.82. The van der Waals surface area contributed by atoms with Gasteiger partial charge in [-0.2, -0.15) is 0 Å². The van der Waals surface area contributed by atoms with Crippen molar-refractivity contribution in [1.29, 1.82) is 0 Å². The maximum Gasteiger partial charge on any atom is 0.414 e. The average molecular weight is 424 g/mol. The number of esters is 1. The van der Waals surface area contributed by atoms with Crippen molar-refractivity contribution in [2.75, 3.05) is 38.7 Å². The molecular weight excluding hydrogens is 396 g/mol. The number of rotatable bonds is 7. The van der Waals surface area contributed by atoms with Crippen LogP contribution in [0.5, 0.6) is 5.75 Å². The van der Waals surface area contributed by atoms with Gasteiger partial charge in [0.1, 0.15) is 5.75 Å². The molecule has 0 unspecified atom stereocenters. The topological polar surface area (TPSA) is 142 Å². The van der Waals surface area contributed by atoms with Crippen molar-refractivity contribution in [2.24, 2.45) is 5.92 Å². The third-order valence-electron chi connectivity index (χ3n) is 4.42. The smallest absolute Gasteiger partial charge is 0.414 e. The molecule has 2 rings (SSSR count). The van der Waals surface area contributed by atoms with Crippen LogP contribution in [0.1, 0.15) is 26.2 Å². The van der Waals surface area contributed by atoms with Gasteiger partial charge in [-0.25, -0.2) is 9.59 Å². The molecule has 0 bridgehead atoms. The molecular formula is C20H28N2O8. The summed E-state index contributed by atoms with van der Waals surface area (Å²) in [5.41, 5.74) is 0.766. The van der Waals surface area contributed by atoms with E-state index in [4.69, 9.17) is 29.3 Å². The molecule has 0 aliphatic carbocycles. The van der Waals surface area contributed by atoms with Crippen LogP contribution in [0.3, 0.4) is 0 Å². The number of hydrogen-bond acceptors (Lipinski definition) is 7. The van der Waals surface area contributed by atoms with Crippen molar-refractivity contribution < 1.29 is 38.9 Å². The first kappa shape index (κ1) is 24.9. The number of nitrogens with one attached hydrogen (secondary N) is 1. The molecule has 10 nitrogen and oxygen atoms in total. The van der Waals surface area contributed by atoms with Crippen LogP contribution in [0.25, 0.3) is 0 Å². The summed E-state index contributed by atoms with van der Waals surface area (Å²) in [5.74, 6) is -2.97. The molecule has 0 radical (unpaired) electrons. The summed E-state index contributed by atoms with van der Waals surface area (Å²) in [6.07, 6.45) is 2.05. The summed E-state index contributed by atoms with van der Waals surface area (Å²) < 4.78 is 10.2. The average Bonchev–Trinajstić information content (AvgIpc) is 2.73. The van der Waals surface area contributed by atoms with Crippen molar-refractivity contribution in [3.8, 4) is 5.75 Å². The summed E-state index contributed by atoms with van der Waals surface area (Å²) in [7, 11) is 1.61. The first-order valence-electron chi connectivity index (χ1n) is 9.55. The molecule has 3 N–H and O–H groups in total. The highest BCUT2D eigenvalue weighted by molar-refractivity contribution is 6.27. The Kier molecular flexibility index (Phi) is 10.9. The summed E-state index contributed by atoms with van der Waals surface area (Å²) in [6.45, 7) is 4.63. The van der Waals surface area contributed by atoms with Gasteiger partial charge in [-0.1, -0.05) is 0 Å². The van der Waals surface area contributed by atoms with Crippen LogP contribution in [-0.2, 0) is 23.9 Å². The van der Waals surface area contributed by atoms with Gasteiger partial charge in [0.2, 0.25) is 5.91 Å². The molecule has 1 aliphatic heterocycles. The molecule has 10 heteroatoms. The van der Waals surface area contributed by atoms with Crippen LogP contribution in [0, 0.1) is 5.92 Å². The summed E-state index contributed by atoms with van der Waals surface area (Å²) >= 11 is 0. The number of hydrogen-bond donors (Lipinski definition) is 3. The van der Waals surface area contributed by atoms with E-state index < -0.39 is 11.9 Å². The lowest BCUT2D eigenvalue weighted by Gasteiger charge is -2.30. The van der Waals surface area contributed by atoms with E-state index in [0.717, 1.165) is 37.4 Å². The fourth-order valence-electron chi connectivity index (χ4n) is 2.81. The highest BCUT2D eigenvalue weighted by atomic mass is 16.5. The standard InChI is InChI=1S/C18H26N2O4.C2H2O4/c1-3-24-18(22)14-8-11-20(12-9-14)13-10-17(21)19-15-4-6-16(23-2)7-5-15;3-1(4)2(5)6/h4-7,14H,3,8-13H2,1-2H3,(H,19,21);(H,3,4)(H,5,6). The molecule has 0 aromatic heterocycles. The maximum absolute atomic E-state index is 12.0. The van der Waals surface area contributed by atoms with E-state index in [9.17, 15) is 9.59 Å². The summed E-state index contributed by atoms with van der Waals surface area (Å²) in [5, 5.41) is 17.7. The van der Waals surface area contributed by atoms with Gasteiger partial charge in [-0.3, -0.25) is 9.59 Å². The second-order valence-electron chi connectivity index (χ2n) is 6.50. The van der Waals surface area contributed by atoms with Crippen molar-refractivity contribution >= 4 is 29.5 Å². The van der Waals surface area contributed by atoms with Gasteiger partial charge in [0.25, 0.3) is 0 Å². The number of benzene rings is 1. The number of methoxy groups -OCH3 is 1. The number of carbonyl (C=O) groups is 4. The van der Waals surface area contributed by atoms with Crippen LogP contribution in [0.15, 0.2) is 24.3 Å². The number of amides is 1. The normalized spacial score (nSPS) is 14.1. The highest BCUT2D eigenvalue weighted by Crippen LogP contribution is 2.19. The van der Waals surface area contributed by atoms with E-state index in [2.05, 4.69) is 10.2 Å². The zero-order chi connectivity index (χ0) is 22.5. The van der Waals surface area contributed by atoms with Gasteiger partial charge in [0, 0.05) is 18.7 Å². The SMILES string of the molecule is CCOC(=O)C1CCN(CCC(=O)Nc2ccc(OC)cc2)CC1.O=C(O)C(=O)O. The Morgan fingerprint density at radius 2 is 1.63 bits per heavy atom. The highest BCUT2D eigenvalue weighted by Gasteiger charge is 2.25. The number of carboxylic acids is 2. The molecule has 1 fully saturated rings. The molecule has 30 heavy (non-hydrogen) atoms. The first-order chi connectivity index (χ1) is 14.3. The number of likely N-dealkylation sites (tertiary alicyclic amines) is 1. The van der Waals surface area contributed by atoms with Gasteiger partial charge in [0.05, 0.1) is 19.6 Å². The predicted molar refractivity (Wildman–Crippen MR) is 107 cm³/mol. The third-order valence-corrected chi connectivity index (χ3v) is 4.42. The number of carbonyl (C=O) groups excluding carboxylic acids is 2. The number of aliphatic carboxylic acids is 2. The quantitative estimate of drug-likeness (QED) is 0.438. The molecule has 1 saturated heterocycles. The molecule has 166 valence electrons. The molecule has 1 aromatic carbocycles. The number of ether oxygens (including phenoxy) is 2. The molecule has 1 amide bonds. The Morgan fingerprint density at radius 3 is 2.10 bits per heavy atom. The Hall–Kier alpha value is -3.14. The molecule has 1 aliphatic rings. The summed E-state index contributed by atoms with van der Waals surface area (Å²) in [4.78, 5) is 44.2. The van der Waals surface area contributed by atoms with Crippen molar-refractivity contribution in [1.82, 2.24) is 4.90 Å². The van der Waals surface area contributed by atoms with Gasteiger partial charge in [-0.05, 0) is 57.1 Å². The van der Waals surface area contributed by atoms with Crippen LogP contribution in [0.4, 0.5) is 5.69 Å². The number of carboxylic acid groups (broad SMARTS) is 2. The largest absolute Gasteiger partial charge is 0.497 e. The minimum absolute atomic E-state index is 0.00677. The zero-order valence-corrected chi connectivity index (χ0v) is 17.1. The van der Waals surface area contributed by atoms with Gasteiger partial charge < -0.3 is 29.9 Å². The lowest BCUT2D eigenvalue weighted by atomic mass is 9.97. The van der Waals surface area contributed by atoms with E-state index in [-0.39, 0.29) is 17.8 Å². The molecule has 0 spiro atoms. The van der Waals surface area contributed by atoms with Crippen LogP contribution in [0.2, 0.25) is 0 Å². The Balaban J connectivity index is 0.000000656. The zero-order valence-electron chi connectivity index (χ0n) is 17.1. The minimum Gasteiger partial charge on any atom is -0.497 e. The van der Waals surface area contributed by atoms with E-state index in [1.54, 1.807) is 7.11 Å². The van der Waals surface area contributed by atoms with Crippen LogP contribution in [-0.4, -0.2) is 72.3 Å². The summed E-state index contributed by atoms with van der Waals surface area (Å²) in [6, 6.07) is 7.27. The second-order valence-corrected chi connectivity index (χ2v) is 6.50. The molecule has 1 aromatic rings. The number of piperidine rings is 1. The lowest BCUT2D eigenvalue weighted by Crippen LogP contribution is -2.38.